The average molecular weight is 405 g/mol. The van der Waals surface area contributed by atoms with Gasteiger partial charge in [-0.1, -0.05) is 78.4 Å². The fourth-order valence-corrected chi connectivity index (χ4v) is 3.82. The van der Waals surface area contributed by atoms with Gasteiger partial charge in [0.1, 0.15) is 11.8 Å². The number of fused-ring (bicyclic) bond motifs is 3. The molecule has 0 saturated carbocycles. The first kappa shape index (κ1) is 19.2. The predicted molar refractivity (Wildman–Crippen MR) is 116 cm³/mol. The van der Waals surface area contributed by atoms with Gasteiger partial charge in [0.15, 0.2) is 0 Å². The zero-order valence-corrected chi connectivity index (χ0v) is 16.6. The van der Waals surface area contributed by atoms with E-state index in [4.69, 9.17) is 16.3 Å². The molecule has 29 heavy (non-hydrogen) atoms. The molecule has 146 valence electrons. The molecule has 1 N–H and O–H groups in total. The fourth-order valence-electron chi connectivity index (χ4n) is 3.64. The van der Waals surface area contributed by atoms with Crippen LogP contribution in [-0.4, -0.2) is 24.2 Å². The highest BCUT2D eigenvalue weighted by atomic mass is 35.5. The molecule has 1 heterocycles. The minimum atomic E-state index is -0.403. The molecule has 2 aromatic carbocycles. The summed E-state index contributed by atoms with van der Waals surface area (Å²) in [5.41, 5.74) is 5.71. The predicted octanol–water partition coefficient (Wildman–Crippen LogP) is 5.68. The van der Waals surface area contributed by atoms with Crippen molar-refractivity contribution in [2.45, 2.75) is 12.3 Å². The second kappa shape index (κ2) is 8.93. The summed E-state index contributed by atoms with van der Waals surface area (Å²) in [4.78, 5) is 16.1. The highest BCUT2D eigenvalue weighted by Gasteiger charge is 2.28. The number of amides is 1. The number of aromatic nitrogens is 1. The SMILES string of the molecule is O=C(NCCC=Cc1cccnc1Cl)OCC1c2ccccc2-c2ccccc21. The summed E-state index contributed by atoms with van der Waals surface area (Å²) in [6, 6.07) is 20.3. The number of hydrogen-bond acceptors (Lipinski definition) is 3. The Morgan fingerprint density at radius 1 is 1.03 bits per heavy atom. The Balaban J connectivity index is 1.29. The molecular weight excluding hydrogens is 384 g/mol. The van der Waals surface area contributed by atoms with Crippen LogP contribution in [-0.2, 0) is 4.74 Å². The van der Waals surface area contributed by atoms with Crippen molar-refractivity contribution in [3.05, 3.63) is 94.8 Å². The van der Waals surface area contributed by atoms with Crippen LogP contribution in [0.5, 0.6) is 0 Å². The van der Waals surface area contributed by atoms with Gasteiger partial charge in [-0.3, -0.25) is 0 Å². The third kappa shape index (κ3) is 4.33. The van der Waals surface area contributed by atoms with Crippen LogP contribution in [0.1, 0.15) is 29.0 Å². The molecule has 0 saturated heterocycles. The Hall–Kier alpha value is -3.11. The standard InChI is InChI=1S/C24H21ClN2O2/c25-23-17(9-7-15-26-23)8-5-6-14-27-24(28)29-16-22-20-12-3-1-10-18(20)19-11-2-4-13-21(19)22/h1-5,7-13,15,22H,6,14,16H2,(H,27,28). The molecule has 1 amide bonds. The van der Waals surface area contributed by atoms with Gasteiger partial charge in [-0.15, -0.1) is 0 Å². The van der Waals surface area contributed by atoms with E-state index in [1.165, 1.54) is 22.3 Å². The van der Waals surface area contributed by atoms with Crippen LogP contribution in [0.3, 0.4) is 0 Å². The van der Waals surface area contributed by atoms with Crippen LogP contribution in [0.25, 0.3) is 17.2 Å². The fraction of sp³-hybridized carbons (Fsp3) is 0.167. The minimum absolute atomic E-state index is 0.0702. The monoisotopic (exact) mass is 404 g/mol. The molecule has 0 radical (unpaired) electrons. The number of ether oxygens (including phenoxy) is 1. The van der Waals surface area contributed by atoms with Crippen molar-refractivity contribution < 1.29 is 9.53 Å². The van der Waals surface area contributed by atoms with E-state index < -0.39 is 6.09 Å². The molecule has 0 bridgehead atoms. The van der Waals surface area contributed by atoms with Gasteiger partial charge in [-0.05, 0) is 34.7 Å². The third-order valence-electron chi connectivity index (χ3n) is 5.01. The summed E-state index contributed by atoms with van der Waals surface area (Å²) in [6.07, 6.45) is 5.77. The molecule has 5 heteroatoms. The van der Waals surface area contributed by atoms with Crippen LogP contribution >= 0.6 is 11.6 Å². The summed E-state index contributed by atoms with van der Waals surface area (Å²) in [7, 11) is 0. The quantitative estimate of drug-likeness (QED) is 0.425. The van der Waals surface area contributed by atoms with Crippen molar-refractivity contribution in [3.8, 4) is 11.1 Å². The number of nitrogens with zero attached hydrogens (tertiary/aromatic N) is 1. The number of nitrogens with one attached hydrogen (secondary N) is 1. The highest BCUT2D eigenvalue weighted by molar-refractivity contribution is 6.30. The Morgan fingerprint density at radius 2 is 1.72 bits per heavy atom. The summed E-state index contributed by atoms with van der Waals surface area (Å²) >= 11 is 6.01. The molecule has 3 aromatic rings. The highest BCUT2D eigenvalue weighted by Crippen LogP contribution is 2.44. The maximum atomic E-state index is 12.1. The molecule has 1 aromatic heterocycles. The molecular formula is C24H21ClN2O2. The number of alkyl carbamates (subject to hydrolysis) is 1. The zero-order valence-electron chi connectivity index (χ0n) is 15.8. The zero-order chi connectivity index (χ0) is 20.1. The van der Waals surface area contributed by atoms with E-state index in [0.29, 0.717) is 24.7 Å². The van der Waals surface area contributed by atoms with Gasteiger partial charge in [-0.2, -0.15) is 0 Å². The van der Waals surface area contributed by atoms with Gasteiger partial charge in [0.2, 0.25) is 0 Å². The molecule has 4 rings (SSSR count). The number of halogens is 1. The Morgan fingerprint density at radius 3 is 2.41 bits per heavy atom. The second-order valence-electron chi connectivity index (χ2n) is 6.83. The van der Waals surface area contributed by atoms with Crippen molar-refractivity contribution in [2.75, 3.05) is 13.2 Å². The summed E-state index contributed by atoms with van der Waals surface area (Å²) in [5, 5.41) is 3.26. The lowest BCUT2D eigenvalue weighted by atomic mass is 9.98. The van der Waals surface area contributed by atoms with E-state index in [2.05, 4.69) is 34.6 Å². The lowest BCUT2D eigenvalue weighted by Crippen LogP contribution is -2.26. The van der Waals surface area contributed by atoms with Crippen LogP contribution in [0.2, 0.25) is 5.15 Å². The average Bonchev–Trinajstić information content (AvgIpc) is 3.07. The van der Waals surface area contributed by atoms with Crippen molar-refractivity contribution in [1.29, 1.82) is 0 Å². The van der Waals surface area contributed by atoms with Gasteiger partial charge >= 0.3 is 6.09 Å². The number of carbonyl (C=O) groups excluding carboxylic acids is 1. The van der Waals surface area contributed by atoms with Crippen molar-refractivity contribution in [3.63, 3.8) is 0 Å². The summed E-state index contributed by atoms with van der Waals surface area (Å²) < 4.78 is 5.52. The molecule has 1 aliphatic carbocycles. The number of carbonyl (C=O) groups is 1. The van der Waals surface area contributed by atoms with Crippen LogP contribution < -0.4 is 5.32 Å². The van der Waals surface area contributed by atoms with Crippen LogP contribution in [0, 0.1) is 0 Å². The summed E-state index contributed by atoms with van der Waals surface area (Å²) in [6.45, 7) is 0.812. The molecule has 0 aliphatic heterocycles. The van der Waals surface area contributed by atoms with Gasteiger partial charge in [-0.25, -0.2) is 9.78 Å². The van der Waals surface area contributed by atoms with Gasteiger partial charge < -0.3 is 10.1 Å². The number of benzene rings is 2. The largest absolute Gasteiger partial charge is 0.449 e. The lowest BCUT2D eigenvalue weighted by molar-refractivity contribution is 0.143. The van der Waals surface area contributed by atoms with Gasteiger partial charge in [0.25, 0.3) is 0 Å². The number of hydrogen-bond donors (Lipinski definition) is 1. The maximum absolute atomic E-state index is 12.1. The van der Waals surface area contributed by atoms with Crippen molar-refractivity contribution >= 4 is 23.8 Å². The molecule has 0 spiro atoms. The minimum Gasteiger partial charge on any atom is -0.449 e. The molecule has 0 atom stereocenters. The van der Waals surface area contributed by atoms with E-state index in [1.54, 1.807) is 6.20 Å². The van der Waals surface area contributed by atoms with E-state index in [9.17, 15) is 4.79 Å². The number of pyridine rings is 1. The second-order valence-corrected chi connectivity index (χ2v) is 7.18. The maximum Gasteiger partial charge on any atom is 0.407 e. The normalized spacial score (nSPS) is 12.6. The van der Waals surface area contributed by atoms with Crippen molar-refractivity contribution in [2.24, 2.45) is 0 Å². The number of rotatable bonds is 6. The topological polar surface area (TPSA) is 51.2 Å². The molecule has 4 nitrogen and oxygen atoms in total. The first-order valence-corrected chi connectivity index (χ1v) is 9.98. The molecule has 1 aliphatic rings. The van der Waals surface area contributed by atoms with E-state index in [1.807, 2.05) is 48.6 Å². The molecule has 0 unspecified atom stereocenters. The van der Waals surface area contributed by atoms with Crippen LogP contribution in [0.4, 0.5) is 4.79 Å². The lowest BCUT2D eigenvalue weighted by Gasteiger charge is -2.14. The van der Waals surface area contributed by atoms with Crippen molar-refractivity contribution in [1.82, 2.24) is 10.3 Å². The third-order valence-corrected chi connectivity index (χ3v) is 5.33. The molecule has 0 fully saturated rings. The first-order valence-electron chi connectivity index (χ1n) is 9.60. The Kier molecular flexibility index (Phi) is 5.92. The van der Waals surface area contributed by atoms with E-state index in [0.717, 1.165) is 5.56 Å². The van der Waals surface area contributed by atoms with Gasteiger partial charge in [0.05, 0.1) is 0 Å². The first-order chi connectivity index (χ1) is 14.2. The Bertz CT molecular complexity index is 1000. The smallest absolute Gasteiger partial charge is 0.407 e. The Labute approximate surface area is 175 Å². The van der Waals surface area contributed by atoms with Gasteiger partial charge in [0, 0.05) is 24.2 Å². The van der Waals surface area contributed by atoms with Crippen LogP contribution in [0.15, 0.2) is 72.9 Å². The van der Waals surface area contributed by atoms with E-state index in [-0.39, 0.29) is 5.92 Å². The summed E-state index contributed by atoms with van der Waals surface area (Å²) in [5.74, 6) is 0.0702. The van der Waals surface area contributed by atoms with E-state index >= 15 is 0 Å².